The van der Waals surface area contributed by atoms with Crippen molar-refractivity contribution in [3.63, 3.8) is 0 Å². The number of rotatable bonds is 4. The van der Waals surface area contributed by atoms with Gasteiger partial charge < -0.3 is 19.3 Å². The predicted molar refractivity (Wildman–Crippen MR) is 109 cm³/mol. The lowest BCUT2D eigenvalue weighted by Crippen LogP contribution is -2.36. The molecule has 6 nitrogen and oxygen atoms in total. The standard InChI is InChI=1S/C22H25N3O3/c1-14-4-5-15(2)17(10-14)13-25-16(3)23-21-19(22(26)27)11-18(12-20(21)25)24-6-8-28-9-7-24/h4-5,10-12H,6-9,13H2,1-3H3,(H,26,27). The summed E-state index contributed by atoms with van der Waals surface area (Å²) < 4.78 is 7.56. The Kier molecular flexibility index (Phi) is 4.81. The molecule has 6 heteroatoms. The number of aryl methyl sites for hydroxylation is 3. The van der Waals surface area contributed by atoms with Gasteiger partial charge in [-0.3, -0.25) is 0 Å². The Hall–Kier alpha value is -2.86. The Morgan fingerprint density at radius 1 is 1.14 bits per heavy atom. The smallest absolute Gasteiger partial charge is 0.338 e. The number of hydrogen-bond donors (Lipinski definition) is 1. The average molecular weight is 379 g/mol. The predicted octanol–water partition coefficient (Wildman–Crippen LogP) is 3.54. The highest BCUT2D eigenvalue weighted by atomic mass is 16.5. The molecule has 1 fully saturated rings. The number of carboxylic acid groups (broad SMARTS) is 1. The van der Waals surface area contributed by atoms with Crippen LogP contribution in [0.5, 0.6) is 0 Å². The van der Waals surface area contributed by atoms with Gasteiger partial charge in [-0.05, 0) is 44.0 Å². The normalized spacial score (nSPS) is 14.6. The number of anilines is 1. The van der Waals surface area contributed by atoms with E-state index in [2.05, 4.69) is 52.6 Å². The van der Waals surface area contributed by atoms with Gasteiger partial charge in [0.05, 0.1) is 24.3 Å². The first-order valence-corrected chi connectivity index (χ1v) is 9.57. The first-order chi connectivity index (χ1) is 13.4. The summed E-state index contributed by atoms with van der Waals surface area (Å²) >= 11 is 0. The third-order valence-corrected chi connectivity index (χ3v) is 5.47. The van der Waals surface area contributed by atoms with Crippen LogP contribution in [-0.4, -0.2) is 46.9 Å². The van der Waals surface area contributed by atoms with Crippen molar-refractivity contribution in [3.8, 4) is 0 Å². The molecule has 4 rings (SSSR count). The number of carboxylic acids is 1. The Bertz CT molecular complexity index is 1050. The molecule has 1 saturated heterocycles. The van der Waals surface area contributed by atoms with Gasteiger partial charge in [-0.2, -0.15) is 0 Å². The summed E-state index contributed by atoms with van der Waals surface area (Å²) in [5.74, 6) is -0.131. The fourth-order valence-electron chi connectivity index (χ4n) is 3.83. The van der Waals surface area contributed by atoms with Gasteiger partial charge in [0.1, 0.15) is 11.3 Å². The van der Waals surface area contributed by atoms with Gasteiger partial charge in [-0.1, -0.05) is 23.8 Å². The minimum absolute atomic E-state index is 0.252. The minimum atomic E-state index is -0.948. The van der Waals surface area contributed by atoms with Crippen molar-refractivity contribution in [3.05, 3.63) is 58.4 Å². The van der Waals surface area contributed by atoms with E-state index in [1.165, 1.54) is 16.7 Å². The average Bonchev–Trinajstić information content (AvgIpc) is 3.00. The molecule has 1 aromatic heterocycles. The zero-order valence-corrected chi connectivity index (χ0v) is 16.5. The van der Waals surface area contributed by atoms with Crippen LogP contribution >= 0.6 is 0 Å². The SMILES string of the molecule is Cc1ccc(C)c(Cn2c(C)nc3c(C(=O)O)cc(N4CCOCC4)cc32)c1. The van der Waals surface area contributed by atoms with Crippen LogP contribution < -0.4 is 4.90 Å². The van der Waals surface area contributed by atoms with E-state index in [-0.39, 0.29) is 5.56 Å². The van der Waals surface area contributed by atoms with E-state index >= 15 is 0 Å². The van der Waals surface area contributed by atoms with E-state index in [4.69, 9.17) is 4.74 Å². The number of benzene rings is 2. The quantitative estimate of drug-likeness (QED) is 0.751. The Labute approximate surface area is 164 Å². The zero-order chi connectivity index (χ0) is 19.8. The number of imidazole rings is 1. The number of morpholine rings is 1. The molecule has 3 aromatic rings. The third kappa shape index (κ3) is 3.36. The summed E-state index contributed by atoms with van der Waals surface area (Å²) in [6.07, 6.45) is 0. The Balaban J connectivity index is 1.86. The van der Waals surface area contributed by atoms with Crippen molar-refractivity contribution in [1.29, 1.82) is 0 Å². The summed E-state index contributed by atoms with van der Waals surface area (Å²) in [5.41, 5.74) is 6.22. The third-order valence-electron chi connectivity index (χ3n) is 5.47. The summed E-state index contributed by atoms with van der Waals surface area (Å²) in [6.45, 7) is 9.62. The number of carbonyl (C=O) groups is 1. The van der Waals surface area contributed by atoms with E-state index in [1.807, 2.05) is 6.92 Å². The second-order valence-corrected chi connectivity index (χ2v) is 7.44. The van der Waals surface area contributed by atoms with Crippen LogP contribution in [0.3, 0.4) is 0 Å². The van der Waals surface area contributed by atoms with Gasteiger partial charge in [-0.25, -0.2) is 9.78 Å². The first kappa shape index (κ1) is 18.5. The summed E-state index contributed by atoms with van der Waals surface area (Å²) in [7, 11) is 0. The maximum absolute atomic E-state index is 11.9. The van der Waals surface area contributed by atoms with Crippen molar-refractivity contribution in [2.75, 3.05) is 31.2 Å². The van der Waals surface area contributed by atoms with E-state index in [0.29, 0.717) is 25.3 Å². The van der Waals surface area contributed by atoms with Crippen molar-refractivity contribution in [2.24, 2.45) is 0 Å². The highest BCUT2D eigenvalue weighted by Crippen LogP contribution is 2.29. The van der Waals surface area contributed by atoms with E-state index in [1.54, 1.807) is 6.07 Å². The van der Waals surface area contributed by atoms with Crippen LogP contribution in [0.25, 0.3) is 11.0 Å². The Morgan fingerprint density at radius 3 is 2.61 bits per heavy atom. The van der Waals surface area contributed by atoms with Crippen LogP contribution in [-0.2, 0) is 11.3 Å². The molecule has 0 atom stereocenters. The van der Waals surface area contributed by atoms with Crippen molar-refractivity contribution in [1.82, 2.24) is 9.55 Å². The van der Waals surface area contributed by atoms with Crippen LogP contribution in [0.4, 0.5) is 5.69 Å². The molecule has 146 valence electrons. The van der Waals surface area contributed by atoms with Crippen LogP contribution in [0, 0.1) is 20.8 Å². The number of fused-ring (bicyclic) bond motifs is 1. The molecule has 1 N–H and O–H groups in total. The minimum Gasteiger partial charge on any atom is -0.478 e. The highest BCUT2D eigenvalue weighted by Gasteiger charge is 2.21. The largest absolute Gasteiger partial charge is 0.478 e. The number of aromatic nitrogens is 2. The fourth-order valence-corrected chi connectivity index (χ4v) is 3.83. The second-order valence-electron chi connectivity index (χ2n) is 7.44. The van der Waals surface area contributed by atoms with Crippen LogP contribution in [0.1, 0.15) is 32.9 Å². The fraction of sp³-hybridized carbons (Fsp3) is 0.364. The van der Waals surface area contributed by atoms with E-state index in [0.717, 1.165) is 30.1 Å². The molecule has 0 amide bonds. The summed E-state index contributed by atoms with van der Waals surface area (Å²) in [6, 6.07) is 10.2. The first-order valence-electron chi connectivity index (χ1n) is 9.57. The molecular formula is C22H25N3O3. The van der Waals surface area contributed by atoms with Gasteiger partial charge in [0.15, 0.2) is 0 Å². The van der Waals surface area contributed by atoms with Crippen LogP contribution in [0.2, 0.25) is 0 Å². The maximum atomic E-state index is 11.9. The molecule has 28 heavy (non-hydrogen) atoms. The molecule has 1 aliphatic rings. The topological polar surface area (TPSA) is 67.6 Å². The molecule has 2 heterocycles. The van der Waals surface area contributed by atoms with Gasteiger partial charge in [0.2, 0.25) is 0 Å². The molecule has 0 saturated carbocycles. The van der Waals surface area contributed by atoms with Crippen molar-refractivity contribution in [2.45, 2.75) is 27.3 Å². The lowest BCUT2D eigenvalue weighted by molar-refractivity contribution is 0.0699. The molecule has 1 aliphatic heterocycles. The van der Waals surface area contributed by atoms with E-state index < -0.39 is 5.97 Å². The zero-order valence-electron chi connectivity index (χ0n) is 16.5. The molecule has 0 aliphatic carbocycles. The van der Waals surface area contributed by atoms with Crippen molar-refractivity contribution >= 4 is 22.7 Å². The molecule has 0 unspecified atom stereocenters. The van der Waals surface area contributed by atoms with Gasteiger partial charge in [-0.15, -0.1) is 0 Å². The van der Waals surface area contributed by atoms with E-state index in [9.17, 15) is 9.90 Å². The molecule has 0 spiro atoms. The van der Waals surface area contributed by atoms with Gasteiger partial charge >= 0.3 is 5.97 Å². The molecule has 0 bridgehead atoms. The number of hydrogen-bond acceptors (Lipinski definition) is 4. The number of nitrogens with zero attached hydrogens (tertiary/aromatic N) is 3. The van der Waals surface area contributed by atoms with Gasteiger partial charge in [0.25, 0.3) is 0 Å². The monoisotopic (exact) mass is 379 g/mol. The summed E-state index contributed by atoms with van der Waals surface area (Å²) in [4.78, 5) is 18.7. The highest BCUT2D eigenvalue weighted by molar-refractivity contribution is 6.03. The molecular weight excluding hydrogens is 354 g/mol. The Morgan fingerprint density at radius 2 is 1.89 bits per heavy atom. The maximum Gasteiger partial charge on any atom is 0.338 e. The number of aromatic carboxylic acids is 1. The number of ether oxygens (including phenoxy) is 1. The second kappa shape index (κ2) is 7.28. The summed E-state index contributed by atoms with van der Waals surface area (Å²) in [5, 5.41) is 9.78. The van der Waals surface area contributed by atoms with Crippen LogP contribution in [0.15, 0.2) is 30.3 Å². The van der Waals surface area contributed by atoms with Gasteiger partial charge in [0, 0.05) is 25.3 Å². The lowest BCUT2D eigenvalue weighted by Gasteiger charge is -2.29. The van der Waals surface area contributed by atoms with Crippen molar-refractivity contribution < 1.29 is 14.6 Å². The molecule has 0 radical (unpaired) electrons. The lowest BCUT2D eigenvalue weighted by atomic mass is 10.1. The molecule has 2 aromatic carbocycles.